The maximum atomic E-state index is 12.9. The number of aromatic nitrogens is 3. The van der Waals surface area contributed by atoms with E-state index < -0.39 is 10.0 Å². The molecule has 1 heterocycles. The Morgan fingerprint density at radius 2 is 1.63 bits per heavy atom. The zero-order valence-electron chi connectivity index (χ0n) is 23.5. The molecule has 0 spiro atoms. The summed E-state index contributed by atoms with van der Waals surface area (Å²) in [6.07, 6.45) is 0. The number of rotatable bonds is 10. The summed E-state index contributed by atoms with van der Waals surface area (Å²) in [6.45, 7) is 5.98. The van der Waals surface area contributed by atoms with Crippen molar-refractivity contribution in [1.82, 2.24) is 24.4 Å². The number of nitrogens with zero attached hydrogens (tertiary/aromatic N) is 4. The lowest BCUT2D eigenvalue weighted by Gasteiger charge is -2.14. The van der Waals surface area contributed by atoms with E-state index in [9.17, 15) is 18.0 Å². The molecule has 0 saturated heterocycles. The van der Waals surface area contributed by atoms with Gasteiger partial charge in [-0.05, 0) is 79.9 Å². The van der Waals surface area contributed by atoms with Gasteiger partial charge in [-0.1, -0.05) is 36.0 Å². The SMILES string of the molecule is Cc1cccc(NC(=O)CSc2nnc(CNC(=O)c3ccc(S(=O)(=O)N(C)C)cc3)n2-c2cc(C)ccc2C)c1. The third-order valence-corrected chi connectivity index (χ3v) is 9.00. The van der Waals surface area contributed by atoms with E-state index in [1.54, 1.807) is 0 Å². The van der Waals surface area contributed by atoms with Crippen LogP contribution < -0.4 is 10.6 Å². The van der Waals surface area contributed by atoms with Crippen LogP contribution in [0, 0.1) is 20.8 Å². The smallest absolute Gasteiger partial charge is 0.251 e. The van der Waals surface area contributed by atoms with E-state index in [0.717, 1.165) is 32.4 Å². The summed E-state index contributed by atoms with van der Waals surface area (Å²) in [7, 11) is -0.699. The first-order valence-corrected chi connectivity index (χ1v) is 15.2. The first kappa shape index (κ1) is 30.0. The molecule has 214 valence electrons. The van der Waals surface area contributed by atoms with E-state index in [2.05, 4.69) is 20.8 Å². The van der Waals surface area contributed by atoms with E-state index in [4.69, 9.17) is 0 Å². The van der Waals surface area contributed by atoms with Crippen LogP contribution in [0.15, 0.2) is 76.8 Å². The third-order valence-electron chi connectivity index (χ3n) is 6.24. The van der Waals surface area contributed by atoms with Crippen molar-refractivity contribution in [1.29, 1.82) is 0 Å². The van der Waals surface area contributed by atoms with Gasteiger partial charge in [-0.15, -0.1) is 10.2 Å². The molecule has 0 radical (unpaired) electrons. The Morgan fingerprint density at radius 1 is 0.927 bits per heavy atom. The molecule has 0 aliphatic carbocycles. The Hall–Kier alpha value is -4.00. The second kappa shape index (κ2) is 12.7. The number of anilines is 1. The van der Waals surface area contributed by atoms with Crippen molar-refractivity contribution in [2.24, 2.45) is 0 Å². The molecule has 3 aromatic carbocycles. The Morgan fingerprint density at radius 3 is 2.32 bits per heavy atom. The van der Waals surface area contributed by atoms with Gasteiger partial charge in [0.1, 0.15) is 0 Å². The van der Waals surface area contributed by atoms with E-state index in [1.165, 1.54) is 50.1 Å². The predicted molar refractivity (Wildman–Crippen MR) is 160 cm³/mol. The fraction of sp³-hybridized carbons (Fsp3) is 0.241. The van der Waals surface area contributed by atoms with Crippen LogP contribution in [0.1, 0.15) is 32.9 Å². The van der Waals surface area contributed by atoms with Gasteiger partial charge in [0.25, 0.3) is 5.91 Å². The average molecular weight is 593 g/mol. The fourth-order valence-corrected chi connectivity index (χ4v) is 5.68. The second-order valence-electron chi connectivity index (χ2n) is 9.72. The molecule has 4 aromatic rings. The van der Waals surface area contributed by atoms with Crippen LogP contribution in [-0.2, 0) is 21.4 Å². The number of carbonyl (C=O) groups is 2. The van der Waals surface area contributed by atoms with Gasteiger partial charge in [-0.25, -0.2) is 12.7 Å². The summed E-state index contributed by atoms with van der Waals surface area (Å²) in [5, 5.41) is 14.9. The average Bonchev–Trinajstić information content (AvgIpc) is 3.34. The van der Waals surface area contributed by atoms with E-state index in [-0.39, 0.29) is 29.0 Å². The van der Waals surface area contributed by atoms with Crippen molar-refractivity contribution in [3.8, 4) is 5.69 Å². The number of carbonyl (C=O) groups excluding carboxylic acids is 2. The number of amides is 2. The molecule has 12 heteroatoms. The van der Waals surface area contributed by atoms with Gasteiger partial charge < -0.3 is 10.6 Å². The van der Waals surface area contributed by atoms with Crippen molar-refractivity contribution in [2.45, 2.75) is 37.4 Å². The van der Waals surface area contributed by atoms with Crippen molar-refractivity contribution in [2.75, 3.05) is 25.2 Å². The number of aryl methyl sites for hydroxylation is 3. The molecule has 0 bridgehead atoms. The van der Waals surface area contributed by atoms with Crippen LogP contribution in [0.5, 0.6) is 0 Å². The Bertz CT molecular complexity index is 1680. The summed E-state index contributed by atoms with van der Waals surface area (Å²) < 4.78 is 27.6. The Balaban J connectivity index is 1.53. The first-order chi connectivity index (χ1) is 19.5. The molecule has 41 heavy (non-hydrogen) atoms. The van der Waals surface area contributed by atoms with Gasteiger partial charge in [0, 0.05) is 25.3 Å². The molecule has 10 nitrogen and oxygen atoms in total. The number of hydrogen-bond acceptors (Lipinski definition) is 7. The van der Waals surface area contributed by atoms with Crippen LogP contribution >= 0.6 is 11.8 Å². The topological polar surface area (TPSA) is 126 Å². The van der Waals surface area contributed by atoms with Gasteiger partial charge in [0.15, 0.2) is 11.0 Å². The van der Waals surface area contributed by atoms with Gasteiger partial charge in [-0.2, -0.15) is 0 Å². The number of benzene rings is 3. The Kier molecular flexibility index (Phi) is 9.26. The van der Waals surface area contributed by atoms with E-state index in [0.29, 0.717) is 16.5 Å². The third kappa shape index (κ3) is 7.20. The van der Waals surface area contributed by atoms with E-state index in [1.807, 2.05) is 67.8 Å². The molecule has 2 amide bonds. The summed E-state index contributed by atoms with van der Waals surface area (Å²) in [5.74, 6) is 0.0399. The number of sulfonamides is 1. The highest BCUT2D eigenvalue weighted by molar-refractivity contribution is 7.99. The van der Waals surface area contributed by atoms with Crippen molar-refractivity contribution >= 4 is 39.3 Å². The molecule has 4 rings (SSSR count). The molecule has 0 fully saturated rings. The van der Waals surface area contributed by atoms with Gasteiger partial charge in [0.2, 0.25) is 15.9 Å². The summed E-state index contributed by atoms with van der Waals surface area (Å²) >= 11 is 1.25. The van der Waals surface area contributed by atoms with Crippen LogP contribution in [0.25, 0.3) is 5.69 Å². The lowest BCUT2D eigenvalue weighted by atomic mass is 10.1. The maximum Gasteiger partial charge on any atom is 0.251 e. The molecule has 0 aliphatic heterocycles. The Labute approximate surface area is 244 Å². The van der Waals surface area contributed by atoms with E-state index >= 15 is 0 Å². The predicted octanol–water partition coefficient (Wildman–Crippen LogP) is 4.10. The molecule has 0 saturated carbocycles. The number of hydrogen-bond donors (Lipinski definition) is 2. The van der Waals surface area contributed by atoms with Crippen LogP contribution in [0.3, 0.4) is 0 Å². The highest BCUT2D eigenvalue weighted by Crippen LogP contribution is 2.26. The van der Waals surface area contributed by atoms with Crippen molar-refractivity contribution < 1.29 is 18.0 Å². The molecular weight excluding hydrogens is 560 g/mol. The molecule has 0 atom stereocenters. The van der Waals surface area contributed by atoms with Gasteiger partial charge >= 0.3 is 0 Å². The molecule has 2 N–H and O–H groups in total. The highest BCUT2D eigenvalue weighted by atomic mass is 32.2. The minimum absolute atomic E-state index is 0.0625. The summed E-state index contributed by atoms with van der Waals surface area (Å²) in [4.78, 5) is 25.7. The normalized spacial score (nSPS) is 11.5. The molecule has 1 aromatic heterocycles. The van der Waals surface area contributed by atoms with Crippen LogP contribution in [0.4, 0.5) is 5.69 Å². The fourth-order valence-electron chi connectivity index (χ4n) is 4.01. The van der Waals surface area contributed by atoms with Gasteiger partial charge in [0.05, 0.1) is 22.9 Å². The highest BCUT2D eigenvalue weighted by Gasteiger charge is 2.20. The summed E-state index contributed by atoms with van der Waals surface area (Å²) in [5.41, 5.74) is 4.94. The number of thioether (sulfide) groups is 1. The lowest BCUT2D eigenvalue weighted by molar-refractivity contribution is -0.113. The quantitative estimate of drug-likeness (QED) is 0.266. The second-order valence-corrected chi connectivity index (χ2v) is 12.8. The van der Waals surface area contributed by atoms with Crippen molar-refractivity contribution in [3.05, 3.63) is 94.8 Å². The minimum Gasteiger partial charge on any atom is -0.345 e. The monoisotopic (exact) mass is 592 g/mol. The zero-order chi connectivity index (χ0) is 29.7. The summed E-state index contributed by atoms with van der Waals surface area (Å²) in [6, 6.07) is 19.3. The minimum atomic E-state index is -3.60. The molecule has 0 aliphatic rings. The molecule has 0 unspecified atom stereocenters. The van der Waals surface area contributed by atoms with Gasteiger partial charge in [-0.3, -0.25) is 14.2 Å². The van der Waals surface area contributed by atoms with Crippen molar-refractivity contribution in [3.63, 3.8) is 0 Å². The zero-order valence-corrected chi connectivity index (χ0v) is 25.1. The number of nitrogens with one attached hydrogen (secondary N) is 2. The first-order valence-electron chi connectivity index (χ1n) is 12.8. The maximum absolute atomic E-state index is 12.9. The standard InChI is InChI=1S/C29H32N6O4S2/c1-19-7-6-8-23(15-19)31-27(36)18-40-29-33-32-26(35(29)25-16-20(2)9-10-21(25)3)17-30-28(37)22-11-13-24(14-12-22)41(38,39)34(4)5/h6-16H,17-18H2,1-5H3,(H,30,37)(H,31,36). The van der Waals surface area contributed by atoms with Crippen LogP contribution in [0.2, 0.25) is 0 Å². The lowest BCUT2D eigenvalue weighted by Crippen LogP contribution is -2.25. The van der Waals surface area contributed by atoms with Crippen LogP contribution in [-0.4, -0.2) is 59.2 Å². The molecular formula is C29H32N6O4S2. The largest absolute Gasteiger partial charge is 0.345 e.